The molecule has 0 bridgehead atoms. The third-order valence-electron chi connectivity index (χ3n) is 3.78. The van der Waals surface area contributed by atoms with Crippen molar-refractivity contribution in [2.45, 2.75) is 39.2 Å². The molecule has 2 rings (SSSR count). The normalized spacial score (nSPS) is 20.8. The molecule has 4 heteroatoms. The Balaban J connectivity index is 1.84. The molecule has 0 spiro atoms. The largest absolute Gasteiger partial charge is 0.370 e. The number of aryl methyl sites for hydroxylation is 1. The SMILES string of the molecule is Cc1ncnc(NCCC2CCCN2C)c1C. The first-order valence-corrected chi connectivity index (χ1v) is 6.41. The summed E-state index contributed by atoms with van der Waals surface area (Å²) >= 11 is 0. The molecule has 1 aromatic heterocycles. The summed E-state index contributed by atoms with van der Waals surface area (Å²) in [6, 6.07) is 0.741. The lowest BCUT2D eigenvalue weighted by molar-refractivity contribution is 0.301. The van der Waals surface area contributed by atoms with E-state index in [0.29, 0.717) is 0 Å². The smallest absolute Gasteiger partial charge is 0.132 e. The van der Waals surface area contributed by atoms with E-state index in [9.17, 15) is 0 Å². The van der Waals surface area contributed by atoms with Crippen molar-refractivity contribution in [1.82, 2.24) is 14.9 Å². The van der Waals surface area contributed by atoms with Gasteiger partial charge >= 0.3 is 0 Å². The van der Waals surface area contributed by atoms with E-state index < -0.39 is 0 Å². The molecule has 1 aromatic rings. The second kappa shape index (κ2) is 5.45. The lowest BCUT2D eigenvalue weighted by Crippen LogP contribution is -2.27. The number of likely N-dealkylation sites (tertiary alicyclic amines) is 1. The molecule has 0 aromatic carbocycles. The lowest BCUT2D eigenvalue weighted by atomic mass is 10.1. The summed E-state index contributed by atoms with van der Waals surface area (Å²) in [5, 5.41) is 3.42. The Morgan fingerprint density at radius 3 is 2.94 bits per heavy atom. The fourth-order valence-corrected chi connectivity index (χ4v) is 2.42. The average Bonchev–Trinajstić information content (AvgIpc) is 2.71. The molecule has 1 fully saturated rings. The van der Waals surface area contributed by atoms with E-state index >= 15 is 0 Å². The molecular formula is C13H22N4. The molecule has 0 amide bonds. The van der Waals surface area contributed by atoms with Crippen LogP contribution in [0.1, 0.15) is 30.5 Å². The number of nitrogens with one attached hydrogen (secondary N) is 1. The Bertz CT molecular complexity index is 378. The van der Waals surface area contributed by atoms with Crippen molar-refractivity contribution in [3.8, 4) is 0 Å². The molecular weight excluding hydrogens is 212 g/mol. The van der Waals surface area contributed by atoms with E-state index in [1.807, 2.05) is 6.92 Å². The number of rotatable bonds is 4. The Hall–Kier alpha value is -1.16. The van der Waals surface area contributed by atoms with Gasteiger partial charge in [0.25, 0.3) is 0 Å². The minimum absolute atomic E-state index is 0.741. The van der Waals surface area contributed by atoms with Crippen molar-refractivity contribution in [3.05, 3.63) is 17.6 Å². The molecule has 2 heterocycles. The van der Waals surface area contributed by atoms with Gasteiger partial charge in [-0.15, -0.1) is 0 Å². The van der Waals surface area contributed by atoms with Crippen molar-refractivity contribution < 1.29 is 0 Å². The topological polar surface area (TPSA) is 41.1 Å². The van der Waals surface area contributed by atoms with Gasteiger partial charge in [0, 0.05) is 23.8 Å². The summed E-state index contributed by atoms with van der Waals surface area (Å²) in [5.74, 6) is 0.984. The minimum Gasteiger partial charge on any atom is -0.370 e. The maximum absolute atomic E-state index is 4.29. The molecule has 1 atom stereocenters. The van der Waals surface area contributed by atoms with Crippen molar-refractivity contribution in [2.24, 2.45) is 0 Å². The first-order valence-electron chi connectivity index (χ1n) is 6.41. The van der Waals surface area contributed by atoms with E-state index in [1.165, 1.54) is 25.8 Å². The number of aromatic nitrogens is 2. The second-order valence-corrected chi connectivity index (χ2v) is 4.92. The highest BCUT2D eigenvalue weighted by molar-refractivity contribution is 5.44. The fraction of sp³-hybridized carbons (Fsp3) is 0.692. The standard InChI is InChI=1S/C13H22N4/c1-10-11(2)15-9-16-13(10)14-7-6-12-5-4-8-17(12)3/h9,12H,4-8H2,1-3H3,(H,14,15,16). The van der Waals surface area contributed by atoms with Gasteiger partial charge in [-0.05, 0) is 46.7 Å². The van der Waals surface area contributed by atoms with Crippen LogP contribution in [0.3, 0.4) is 0 Å². The molecule has 0 radical (unpaired) electrons. The molecule has 17 heavy (non-hydrogen) atoms. The van der Waals surface area contributed by atoms with E-state index in [-0.39, 0.29) is 0 Å². The summed E-state index contributed by atoms with van der Waals surface area (Å²) in [6.45, 7) is 6.33. The van der Waals surface area contributed by atoms with Crippen LogP contribution in [0.5, 0.6) is 0 Å². The highest BCUT2D eigenvalue weighted by atomic mass is 15.1. The van der Waals surface area contributed by atoms with Crippen molar-refractivity contribution >= 4 is 5.82 Å². The fourth-order valence-electron chi connectivity index (χ4n) is 2.42. The van der Waals surface area contributed by atoms with Crippen LogP contribution >= 0.6 is 0 Å². The van der Waals surface area contributed by atoms with Gasteiger partial charge in [-0.25, -0.2) is 9.97 Å². The van der Waals surface area contributed by atoms with E-state index in [1.54, 1.807) is 6.33 Å². The zero-order chi connectivity index (χ0) is 12.3. The zero-order valence-electron chi connectivity index (χ0n) is 11.0. The van der Waals surface area contributed by atoms with Gasteiger partial charge in [0.1, 0.15) is 12.1 Å². The van der Waals surface area contributed by atoms with E-state index in [4.69, 9.17) is 0 Å². The van der Waals surface area contributed by atoms with Gasteiger partial charge < -0.3 is 10.2 Å². The third-order valence-corrected chi connectivity index (χ3v) is 3.78. The van der Waals surface area contributed by atoms with Crippen LogP contribution in [-0.4, -0.2) is 41.0 Å². The summed E-state index contributed by atoms with van der Waals surface area (Å²) in [4.78, 5) is 10.9. The maximum atomic E-state index is 4.29. The molecule has 1 saturated heterocycles. The first kappa shape index (κ1) is 12.3. The Morgan fingerprint density at radius 2 is 2.24 bits per heavy atom. The third kappa shape index (κ3) is 2.94. The van der Waals surface area contributed by atoms with Crippen LogP contribution in [-0.2, 0) is 0 Å². The number of hydrogen-bond donors (Lipinski definition) is 1. The lowest BCUT2D eigenvalue weighted by Gasteiger charge is -2.19. The predicted molar refractivity (Wildman–Crippen MR) is 70.3 cm³/mol. The molecule has 1 aliphatic heterocycles. The molecule has 0 saturated carbocycles. The summed E-state index contributed by atoms with van der Waals surface area (Å²) < 4.78 is 0. The Kier molecular flexibility index (Phi) is 3.94. The van der Waals surface area contributed by atoms with Gasteiger partial charge in [0.15, 0.2) is 0 Å². The van der Waals surface area contributed by atoms with Gasteiger partial charge in [0.05, 0.1) is 0 Å². The van der Waals surface area contributed by atoms with Crippen LogP contribution in [0.4, 0.5) is 5.82 Å². The molecule has 94 valence electrons. The summed E-state index contributed by atoms with van der Waals surface area (Å²) in [6.07, 6.45) is 5.50. The number of nitrogens with zero attached hydrogens (tertiary/aromatic N) is 3. The van der Waals surface area contributed by atoms with Crippen LogP contribution in [0.2, 0.25) is 0 Å². The summed E-state index contributed by atoms with van der Waals surface area (Å²) in [7, 11) is 2.22. The van der Waals surface area contributed by atoms with Gasteiger partial charge in [0.2, 0.25) is 0 Å². The molecule has 1 unspecified atom stereocenters. The van der Waals surface area contributed by atoms with Gasteiger partial charge in [-0.2, -0.15) is 0 Å². The second-order valence-electron chi connectivity index (χ2n) is 4.92. The Morgan fingerprint density at radius 1 is 1.41 bits per heavy atom. The first-order chi connectivity index (χ1) is 8.18. The van der Waals surface area contributed by atoms with Crippen molar-refractivity contribution in [2.75, 3.05) is 25.5 Å². The van der Waals surface area contributed by atoms with Gasteiger partial charge in [-0.1, -0.05) is 0 Å². The van der Waals surface area contributed by atoms with Crippen molar-refractivity contribution in [3.63, 3.8) is 0 Å². The highest BCUT2D eigenvalue weighted by Gasteiger charge is 2.19. The number of anilines is 1. The average molecular weight is 234 g/mol. The predicted octanol–water partition coefficient (Wildman–Crippen LogP) is 1.99. The summed E-state index contributed by atoms with van der Waals surface area (Å²) in [5.41, 5.74) is 2.22. The van der Waals surface area contributed by atoms with Crippen LogP contribution in [0.25, 0.3) is 0 Å². The molecule has 4 nitrogen and oxygen atoms in total. The minimum atomic E-state index is 0.741. The molecule has 1 aliphatic rings. The zero-order valence-corrected chi connectivity index (χ0v) is 11.0. The van der Waals surface area contributed by atoms with Crippen LogP contribution in [0, 0.1) is 13.8 Å². The highest BCUT2D eigenvalue weighted by Crippen LogP contribution is 2.18. The molecule has 0 aliphatic carbocycles. The monoisotopic (exact) mass is 234 g/mol. The van der Waals surface area contributed by atoms with E-state index in [2.05, 4.69) is 34.2 Å². The van der Waals surface area contributed by atoms with Crippen LogP contribution < -0.4 is 5.32 Å². The maximum Gasteiger partial charge on any atom is 0.132 e. The van der Waals surface area contributed by atoms with Crippen molar-refractivity contribution in [1.29, 1.82) is 0 Å². The molecule has 1 N–H and O–H groups in total. The number of hydrogen-bond acceptors (Lipinski definition) is 4. The quantitative estimate of drug-likeness (QED) is 0.865. The van der Waals surface area contributed by atoms with Gasteiger partial charge in [-0.3, -0.25) is 0 Å². The van der Waals surface area contributed by atoms with Crippen LogP contribution in [0.15, 0.2) is 6.33 Å². The Labute approximate surface area is 103 Å². The van der Waals surface area contributed by atoms with E-state index in [0.717, 1.165) is 29.7 Å².